The van der Waals surface area contributed by atoms with Crippen LogP contribution in [0, 0.1) is 0 Å². The third-order valence-electron chi connectivity index (χ3n) is 3.90. The number of hydrogen-bond acceptors (Lipinski definition) is 5. The van der Waals surface area contributed by atoms with Crippen LogP contribution in [-0.2, 0) is 16.2 Å². The lowest BCUT2D eigenvalue weighted by molar-refractivity contribution is -0.137. The standard InChI is InChI=1S/C20H25F3N4O3S/c1-19(2,3)27-31(29,30)16-8-5-14(6-9-16)18(28)25-12-4-11-24-17-10-7-15(13-26-17)20(21,22)23/h5-10,13,27H,4,11-12H2,1-3H3,(H,24,26)(H,25,28). The van der Waals surface area contributed by atoms with Crippen molar-refractivity contribution in [2.45, 2.75) is 43.8 Å². The van der Waals surface area contributed by atoms with Gasteiger partial charge >= 0.3 is 6.18 Å². The van der Waals surface area contributed by atoms with Crippen LogP contribution in [0.3, 0.4) is 0 Å². The number of aromatic nitrogens is 1. The fourth-order valence-electron chi connectivity index (χ4n) is 2.52. The van der Waals surface area contributed by atoms with Gasteiger partial charge in [0, 0.05) is 30.4 Å². The molecule has 0 aliphatic carbocycles. The van der Waals surface area contributed by atoms with E-state index in [4.69, 9.17) is 0 Å². The molecule has 3 N–H and O–H groups in total. The minimum absolute atomic E-state index is 0.0622. The number of hydrogen-bond donors (Lipinski definition) is 3. The van der Waals surface area contributed by atoms with Crippen LogP contribution in [0.4, 0.5) is 19.0 Å². The molecular weight excluding hydrogens is 433 g/mol. The van der Waals surface area contributed by atoms with Crippen molar-refractivity contribution in [3.05, 3.63) is 53.7 Å². The smallest absolute Gasteiger partial charge is 0.370 e. The maximum atomic E-state index is 12.5. The lowest BCUT2D eigenvalue weighted by atomic mass is 10.1. The zero-order valence-electron chi connectivity index (χ0n) is 17.4. The molecule has 1 amide bonds. The number of nitrogens with one attached hydrogen (secondary N) is 3. The van der Waals surface area contributed by atoms with Crippen LogP contribution < -0.4 is 15.4 Å². The number of halogens is 3. The molecule has 170 valence electrons. The second-order valence-corrected chi connectivity index (χ2v) is 9.53. The SMILES string of the molecule is CC(C)(C)NS(=O)(=O)c1ccc(C(=O)NCCCNc2ccc(C(F)(F)F)cn2)cc1. The van der Waals surface area contributed by atoms with Gasteiger partial charge in [-0.2, -0.15) is 13.2 Å². The van der Waals surface area contributed by atoms with Crippen molar-refractivity contribution in [1.29, 1.82) is 0 Å². The van der Waals surface area contributed by atoms with E-state index in [-0.39, 0.29) is 10.8 Å². The molecule has 31 heavy (non-hydrogen) atoms. The Labute approximate surface area is 179 Å². The Bertz CT molecular complexity index is 984. The number of carbonyl (C=O) groups is 1. The van der Waals surface area contributed by atoms with Gasteiger partial charge in [0.05, 0.1) is 10.5 Å². The summed E-state index contributed by atoms with van der Waals surface area (Å²) in [5.41, 5.74) is -1.14. The van der Waals surface area contributed by atoms with E-state index in [2.05, 4.69) is 20.3 Å². The van der Waals surface area contributed by atoms with Crippen LogP contribution >= 0.6 is 0 Å². The first-order valence-corrected chi connectivity index (χ1v) is 11.0. The fourth-order valence-corrected chi connectivity index (χ4v) is 3.94. The number of alkyl halides is 3. The van der Waals surface area contributed by atoms with Crippen molar-refractivity contribution < 1.29 is 26.4 Å². The summed E-state index contributed by atoms with van der Waals surface area (Å²) >= 11 is 0. The molecule has 1 aromatic carbocycles. The topological polar surface area (TPSA) is 100 Å². The molecule has 0 bridgehead atoms. The van der Waals surface area contributed by atoms with Gasteiger partial charge in [-0.3, -0.25) is 4.79 Å². The highest BCUT2D eigenvalue weighted by Gasteiger charge is 2.30. The highest BCUT2D eigenvalue weighted by atomic mass is 32.2. The number of sulfonamides is 1. The lowest BCUT2D eigenvalue weighted by Crippen LogP contribution is -2.40. The zero-order chi connectivity index (χ0) is 23.3. The number of rotatable bonds is 8. The van der Waals surface area contributed by atoms with Gasteiger partial charge in [0.2, 0.25) is 10.0 Å². The van der Waals surface area contributed by atoms with Crippen molar-refractivity contribution in [1.82, 2.24) is 15.0 Å². The molecule has 0 saturated carbocycles. The monoisotopic (exact) mass is 458 g/mol. The maximum Gasteiger partial charge on any atom is 0.417 e. The minimum atomic E-state index is -4.43. The molecule has 2 aromatic rings. The molecule has 0 fully saturated rings. The molecule has 1 aromatic heterocycles. The van der Waals surface area contributed by atoms with E-state index in [9.17, 15) is 26.4 Å². The van der Waals surface area contributed by atoms with Gasteiger partial charge in [-0.1, -0.05) is 0 Å². The van der Waals surface area contributed by atoms with Crippen molar-refractivity contribution in [3.63, 3.8) is 0 Å². The van der Waals surface area contributed by atoms with Crippen molar-refractivity contribution >= 4 is 21.7 Å². The van der Waals surface area contributed by atoms with Crippen LogP contribution in [-0.4, -0.2) is 37.9 Å². The van der Waals surface area contributed by atoms with Crippen LogP contribution in [0.25, 0.3) is 0 Å². The normalized spacial score (nSPS) is 12.5. The second-order valence-electron chi connectivity index (χ2n) is 7.85. The highest BCUT2D eigenvalue weighted by molar-refractivity contribution is 7.89. The van der Waals surface area contributed by atoms with Crippen molar-refractivity contribution in [3.8, 4) is 0 Å². The van der Waals surface area contributed by atoms with Gasteiger partial charge < -0.3 is 10.6 Å². The Morgan fingerprint density at radius 1 is 1.00 bits per heavy atom. The molecule has 0 atom stereocenters. The van der Waals surface area contributed by atoms with Crippen molar-refractivity contribution in [2.75, 3.05) is 18.4 Å². The Kier molecular flexibility index (Phi) is 7.66. The summed E-state index contributed by atoms with van der Waals surface area (Å²) in [6.07, 6.45) is -3.16. The van der Waals surface area contributed by atoms with E-state index in [0.717, 1.165) is 12.3 Å². The van der Waals surface area contributed by atoms with E-state index in [0.29, 0.717) is 30.9 Å². The summed E-state index contributed by atoms with van der Waals surface area (Å²) in [6, 6.07) is 7.76. The molecule has 0 spiro atoms. The Balaban J connectivity index is 1.79. The van der Waals surface area contributed by atoms with Crippen LogP contribution in [0.5, 0.6) is 0 Å². The Morgan fingerprint density at radius 3 is 2.16 bits per heavy atom. The Hall–Kier alpha value is -2.66. The predicted octanol–water partition coefficient (Wildman–Crippen LogP) is 3.41. The van der Waals surface area contributed by atoms with E-state index in [1.165, 1.54) is 30.3 Å². The first-order chi connectivity index (χ1) is 14.3. The quantitative estimate of drug-likeness (QED) is 0.527. The maximum absolute atomic E-state index is 12.5. The first kappa shape index (κ1) is 24.6. The van der Waals surface area contributed by atoms with E-state index < -0.39 is 27.3 Å². The molecule has 0 saturated heterocycles. The molecule has 0 radical (unpaired) electrons. The summed E-state index contributed by atoms with van der Waals surface area (Å²) in [5, 5.41) is 5.57. The fraction of sp³-hybridized carbons (Fsp3) is 0.400. The van der Waals surface area contributed by atoms with E-state index in [1.54, 1.807) is 20.8 Å². The van der Waals surface area contributed by atoms with Crippen LogP contribution in [0.2, 0.25) is 0 Å². The number of benzene rings is 1. The summed E-state index contributed by atoms with van der Waals surface area (Å²) in [7, 11) is -3.68. The van der Waals surface area contributed by atoms with Crippen LogP contribution in [0.15, 0.2) is 47.5 Å². The number of pyridine rings is 1. The van der Waals surface area contributed by atoms with E-state index in [1.807, 2.05) is 0 Å². The van der Waals surface area contributed by atoms with Gasteiger partial charge in [0.15, 0.2) is 0 Å². The number of carbonyl (C=O) groups excluding carboxylic acids is 1. The highest BCUT2D eigenvalue weighted by Crippen LogP contribution is 2.28. The summed E-state index contributed by atoms with van der Waals surface area (Å²) in [5.74, 6) is -0.0552. The largest absolute Gasteiger partial charge is 0.417 e. The first-order valence-electron chi connectivity index (χ1n) is 9.47. The second kappa shape index (κ2) is 9.65. The minimum Gasteiger partial charge on any atom is -0.370 e. The van der Waals surface area contributed by atoms with Gasteiger partial charge in [0.25, 0.3) is 5.91 Å². The lowest BCUT2D eigenvalue weighted by Gasteiger charge is -2.20. The molecule has 7 nitrogen and oxygen atoms in total. The average molecular weight is 459 g/mol. The zero-order valence-corrected chi connectivity index (χ0v) is 18.2. The van der Waals surface area contributed by atoms with E-state index >= 15 is 0 Å². The average Bonchev–Trinajstić information content (AvgIpc) is 2.65. The molecule has 0 unspecified atom stereocenters. The Morgan fingerprint density at radius 2 is 1.65 bits per heavy atom. The number of amides is 1. The third kappa shape index (κ3) is 7.83. The van der Waals surface area contributed by atoms with Crippen LogP contribution in [0.1, 0.15) is 43.1 Å². The molecular formula is C20H25F3N4O3S. The molecule has 0 aliphatic rings. The molecule has 2 rings (SSSR count). The number of anilines is 1. The predicted molar refractivity (Wildman–Crippen MR) is 111 cm³/mol. The van der Waals surface area contributed by atoms with Gasteiger partial charge in [0.1, 0.15) is 5.82 Å². The summed E-state index contributed by atoms with van der Waals surface area (Å²) in [4.78, 5) is 15.9. The molecule has 11 heteroatoms. The molecule has 0 aliphatic heterocycles. The van der Waals surface area contributed by atoms with Gasteiger partial charge in [-0.25, -0.2) is 18.1 Å². The molecule has 1 heterocycles. The van der Waals surface area contributed by atoms with Gasteiger partial charge in [-0.15, -0.1) is 0 Å². The summed E-state index contributed by atoms with van der Waals surface area (Å²) < 4.78 is 64.6. The third-order valence-corrected chi connectivity index (χ3v) is 5.68. The summed E-state index contributed by atoms with van der Waals surface area (Å²) in [6.45, 7) is 5.91. The van der Waals surface area contributed by atoms with Gasteiger partial charge in [-0.05, 0) is 63.6 Å². The van der Waals surface area contributed by atoms with Crippen molar-refractivity contribution in [2.24, 2.45) is 0 Å². The number of nitrogens with zero attached hydrogens (tertiary/aromatic N) is 1.